The quantitative estimate of drug-likeness (QED) is 0.590. The Labute approximate surface area is 150 Å². The summed E-state index contributed by atoms with van der Waals surface area (Å²) in [5.74, 6) is 0.375. The van der Waals surface area contributed by atoms with Gasteiger partial charge in [0.15, 0.2) is 5.82 Å². The van der Waals surface area contributed by atoms with Crippen LogP contribution in [0.1, 0.15) is 24.2 Å². The van der Waals surface area contributed by atoms with E-state index in [1.54, 1.807) is 29.9 Å². The van der Waals surface area contributed by atoms with Crippen LogP contribution in [0.5, 0.6) is 0 Å². The van der Waals surface area contributed by atoms with Crippen LogP contribution in [0, 0.1) is 12.7 Å². The van der Waals surface area contributed by atoms with Crippen molar-refractivity contribution in [3.63, 3.8) is 0 Å². The predicted molar refractivity (Wildman–Crippen MR) is 99.6 cm³/mol. The molecule has 0 saturated carbocycles. The van der Waals surface area contributed by atoms with Crippen molar-refractivity contribution in [1.82, 2.24) is 14.8 Å². The molecule has 4 rings (SSSR count). The van der Waals surface area contributed by atoms with Gasteiger partial charge in [-0.1, -0.05) is 18.2 Å². The number of rotatable bonds is 3. The zero-order chi connectivity index (χ0) is 18.3. The lowest BCUT2D eigenvalue weighted by atomic mass is 9.97. The lowest BCUT2D eigenvalue weighted by Gasteiger charge is -2.15. The van der Waals surface area contributed by atoms with Gasteiger partial charge in [-0.25, -0.2) is 14.1 Å². The molecule has 1 atom stereocenters. The van der Waals surface area contributed by atoms with Crippen LogP contribution in [0.3, 0.4) is 0 Å². The van der Waals surface area contributed by atoms with Crippen LogP contribution in [-0.4, -0.2) is 19.9 Å². The van der Waals surface area contributed by atoms with Crippen molar-refractivity contribution in [1.29, 1.82) is 0 Å². The molecule has 130 valence electrons. The first-order valence-corrected chi connectivity index (χ1v) is 8.42. The lowest BCUT2D eigenvalue weighted by molar-refractivity contribution is 0.201. The van der Waals surface area contributed by atoms with Gasteiger partial charge in [0.05, 0.1) is 11.6 Å². The number of aryl methyl sites for hydroxylation is 1. The van der Waals surface area contributed by atoms with Gasteiger partial charge in [0, 0.05) is 23.3 Å². The predicted octanol–water partition coefficient (Wildman–Crippen LogP) is 4.59. The number of aliphatic hydroxyl groups is 1. The zero-order valence-electron chi connectivity index (χ0n) is 14.5. The minimum absolute atomic E-state index is 0.288. The Morgan fingerprint density at radius 1 is 1.12 bits per heavy atom. The molecule has 1 unspecified atom stereocenters. The maximum atomic E-state index is 13.4. The number of pyridine rings is 1. The summed E-state index contributed by atoms with van der Waals surface area (Å²) in [5, 5.41) is 15.4. The molecule has 2 aromatic heterocycles. The van der Waals surface area contributed by atoms with E-state index in [9.17, 15) is 9.50 Å². The molecule has 0 aliphatic carbocycles. The van der Waals surface area contributed by atoms with E-state index in [0.717, 1.165) is 33.2 Å². The van der Waals surface area contributed by atoms with Crippen LogP contribution in [0.2, 0.25) is 0 Å². The molecule has 2 aromatic carbocycles. The summed E-state index contributed by atoms with van der Waals surface area (Å²) in [7, 11) is 0. The highest BCUT2D eigenvalue weighted by Crippen LogP contribution is 2.33. The molecule has 0 spiro atoms. The minimum atomic E-state index is -0.615. The first-order valence-electron chi connectivity index (χ1n) is 8.42. The van der Waals surface area contributed by atoms with E-state index in [1.165, 1.54) is 12.1 Å². The van der Waals surface area contributed by atoms with Gasteiger partial charge in [0.1, 0.15) is 5.82 Å². The minimum Gasteiger partial charge on any atom is -0.389 e. The number of aliphatic hydroxyl groups excluding tert-OH is 1. The lowest BCUT2D eigenvalue weighted by Crippen LogP contribution is -2.03. The van der Waals surface area contributed by atoms with Gasteiger partial charge in [-0.2, -0.15) is 5.10 Å². The van der Waals surface area contributed by atoms with E-state index in [2.05, 4.69) is 5.10 Å². The SMILES string of the molecule is Cc1cc(C(C)O)c2cc(-c3ccc(F)cc3)c(-n3cccn3)nc2c1. The second kappa shape index (κ2) is 6.35. The summed E-state index contributed by atoms with van der Waals surface area (Å²) < 4.78 is 15.1. The van der Waals surface area contributed by atoms with Gasteiger partial charge in [-0.15, -0.1) is 0 Å². The average Bonchev–Trinajstić information content (AvgIpc) is 3.15. The van der Waals surface area contributed by atoms with E-state index in [4.69, 9.17) is 4.98 Å². The zero-order valence-corrected chi connectivity index (χ0v) is 14.5. The highest BCUT2D eigenvalue weighted by Gasteiger charge is 2.15. The molecular weight excluding hydrogens is 329 g/mol. The Balaban J connectivity index is 2.07. The van der Waals surface area contributed by atoms with Crippen molar-refractivity contribution in [2.24, 2.45) is 0 Å². The first kappa shape index (κ1) is 16.4. The van der Waals surface area contributed by atoms with Crippen LogP contribution < -0.4 is 0 Å². The molecule has 0 aliphatic heterocycles. The van der Waals surface area contributed by atoms with Crippen molar-refractivity contribution < 1.29 is 9.50 Å². The van der Waals surface area contributed by atoms with Gasteiger partial charge in [0.25, 0.3) is 0 Å². The standard InChI is InChI=1S/C21H18FN3O/c1-13-10-17(14(2)26)19-12-18(15-4-6-16(22)7-5-15)21(24-20(19)11-13)25-9-3-8-23-25/h3-12,14,26H,1-2H3. The molecule has 4 aromatic rings. The number of hydrogen-bond acceptors (Lipinski definition) is 3. The van der Waals surface area contributed by atoms with Crippen molar-refractivity contribution in [2.45, 2.75) is 20.0 Å². The van der Waals surface area contributed by atoms with Crippen LogP contribution >= 0.6 is 0 Å². The third-order valence-electron chi connectivity index (χ3n) is 4.42. The molecule has 2 heterocycles. The van der Waals surface area contributed by atoms with Gasteiger partial charge >= 0.3 is 0 Å². The number of halogens is 1. The maximum Gasteiger partial charge on any atom is 0.161 e. The molecular formula is C21H18FN3O. The monoisotopic (exact) mass is 347 g/mol. The Bertz CT molecular complexity index is 1070. The van der Waals surface area contributed by atoms with E-state index >= 15 is 0 Å². The average molecular weight is 347 g/mol. The highest BCUT2D eigenvalue weighted by molar-refractivity contribution is 5.90. The summed E-state index contributed by atoms with van der Waals surface area (Å²) in [6.45, 7) is 3.72. The third kappa shape index (κ3) is 2.86. The van der Waals surface area contributed by atoms with Crippen LogP contribution in [-0.2, 0) is 0 Å². The van der Waals surface area contributed by atoms with Gasteiger partial charge in [0.2, 0.25) is 0 Å². The van der Waals surface area contributed by atoms with E-state index in [-0.39, 0.29) is 5.82 Å². The largest absolute Gasteiger partial charge is 0.389 e. The normalized spacial score (nSPS) is 12.5. The summed E-state index contributed by atoms with van der Waals surface area (Å²) in [4.78, 5) is 4.82. The molecule has 0 bridgehead atoms. The highest BCUT2D eigenvalue weighted by atomic mass is 19.1. The summed E-state index contributed by atoms with van der Waals surface area (Å²) in [5.41, 5.74) is 4.30. The smallest absolute Gasteiger partial charge is 0.161 e. The summed E-state index contributed by atoms with van der Waals surface area (Å²) >= 11 is 0. The Morgan fingerprint density at radius 3 is 2.54 bits per heavy atom. The molecule has 0 radical (unpaired) electrons. The molecule has 0 aliphatic rings. The van der Waals surface area contributed by atoms with Crippen molar-refractivity contribution >= 4 is 10.9 Å². The maximum absolute atomic E-state index is 13.4. The van der Waals surface area contributed by atoms with Gasteiger partial charge in [-0.3, -0.25) is 0 Å². The number of nitrogens with zero attached hydrogens (tertiary/aromatic N) is 3. The van der Waals surface area contributed by atoms with Gasteiger partial charge in [-0.05, 0) is 60.9 Å². The fourth-order valence-corrected chi connectivity index (χ4v) is 3.20. The topological polar surface area (TPSA) is 50.9 Å². The molecule has 5 heteroatoms. The summed E-state index contributed by atoms with van der Waals surface area (Å²) in [6, 6.07) is 14.1. The van der Waals surface area contributed by atoms with Crippen LogP contribution in [0.4, 0.5) is 4.39 Å². The molecule has 0 fully saturated rings. The third-order valence-corrected chi connectivity index (χ3v) is 4.42. The number of benzene rings is 2. The Hall–Kier alpha value is -3.05. The molecule has 4 nitrogen and oxygen atoms in total. The molecule has 0 amide bonds. The van der Waals surface area contributed by atoms with E-state index in [0.29, 0.717) is 5.82 Å². The summed E-state index contributed by atoms with van der Waals surface area (Å²) in [6.07, 6.45) is 2.90. The van der Waals surface area contributed by atoms with Crippen molar-refractivity contribution in [3.8, 4) is 16.9 Å². The van der Waals surface area contributed by atoms with Crippen LogP contribution in [0.15, 0.2) is 60.9 Å². The fraction of sp³-hybridized carbons (Fsp3) is 0.143. The van der Waals surface area contributed by atoms with Crippen molar-refractivity contribution in [3.05, 3.63) is 77.9 Å². The molecule has 0 saturated heterocycles. The number of fused-ring (bicyclic) bond motifs is 1. The number of aromatic nitrogens is 3. The Kier molecular flexibility index (Phi) is 4.01. The first-order chi connectivity index (χ1) is 12.5. The second-order valence-corrected chi connectivity index (χ2v) is 6.41. The van der Waals surface area contributed by atoms with E-state index < -0.39 is 6.10 Å². The van der Waals surface area contributed by atoms with Crippen LogP contribution in [0.25, 0.3) is 27.8 Å². The Morgan fingerprint density at radius 2 is 1.88 bits per heavy atom. The van der Waals surface area contributed by atoms with E-state index in [1.807, 2.05) is 37.4 Å². The van der Waals surface area contributed by atoms with Gasteiger partial charge < -0.3 is 5.11 Å². The molecule has 26 heavy (non-hydrogen) atoms. The number of hydrogen-bond donors (Lipinski definition) is 1. The second-order valence-electron chi connectivity index (χ2n) is 6.41. The fourth-order valence-electron chi connectivity index (χ4n) is 3.20. The van der Waals surface area contributed by atoms with Crippen molar-refractivity contribution in [2.75, 3.05) is 0 Å². The molecule has 1 N–H and O–H groups in total.